The van der Waals surface area contributed by atoms with E-state index in [-0.39, 0.29) is 34.2 Å². The van der Waals surface area contributed by atoms with Gasteiger partial charge >= 0.3 is 11.3 Å². The lowest BCUT2D eigenvalue weighted by Gasteiger charge is -1.98. The first-order valence-electron chi connectivity index (χ1n) is 5.72. The molecular formula is C15H11BrO4. The van der Waals surface area contributed by atoms with Crippen molar-refractivity contribution in [3.05, 3.63) is 48.5 Å². The monoisotopic (exact) mass is 334 g/mol. The Morgan fingerprint density at radius 3 is 2.25 bits per heavy atom. The molecule has 0 amide bonds. The van der Waals surface area contributed by atoms with Crippen LogP contribution >= 0.6 is 0 Å². The van der Waals surface area contributed by atoms with Crippen molar-refractivity contribution in [1.82, 2.24) is 0 Å². The van der Waals surface area contributed by atoms with Gasteiger partial charge in [0.25, 0.3) is 0 Å². The molecule has 0 spiro atoms. The number of phenols is 3. The first-order valence-corrected chi connectivity index (χ1v) is 5.72. The maximum atomic E-state index is 9.49. The third-order valence-electron chi connectivity index (χ3n) is 2.89. The molecule has 0 saturated carbocycles. The van der Waals surface area contributed by atoms with Gasteiger partial charge in [-0.2, -0.15) is 0 Å². The SMILES string of the molecule is Oc1ccc2ccc(-c3ccc(O)c(O)c3)[o+]c2c1.[Br-]. The number of hydrogen-bond donors (Lipinski definition) is 3. The summed E-state index contributed by atoms with van der Waals surface area (Å²) in [4.78, 5) is 0. The van der Waals surface area contributed by atoms with Gasteiger partial charge in [0, 0.05) is 12.1 Å². The molecule has 5 heteroatoms. The summed E-state index contributed by atoms with van der Waals surface area (Å²) in [7, 11) is 0. The number of halogens is 1. The van der Waals surface area contributed by atoms with Crippen molar-refractivity contribution < 1.29 is 36.7 Å². The van der Waals surface area contributed by atoms with Gasteiger partial charge in [0.05, 0.1) is 17.0 Å². The van der Waals surface area contributed by atoms with Crippen molar-refractivity contribution in [3.8, 4) is 28.6 Å². The second kappa shape index (κ2) is 5.38. The van der Waals surface area contributed by atoms with Crippen LogP contribution in [0.3, 0.4) is 0 Å². The molecule has 1 heterocycles. The molecule has 0 saturated heterocycles. The predicted molar refractivity (Wildman–Crippen MR) is 71.1 cm³/mol. The molecule has 0 fully saturated rings. The second-order valence-corrected chi connectivity index (χ2v) is 4.23. The molecule has 1 aromatic heterocycles. The van der Waals surface area contributed by atoms with E-state index in [0.29, 0.717) is 16.9 Å². The first-order chi connectivity index (χ1) is 9.13. The van der Waals surface area contributed by atoms with E-state index in [9.17, 15) is 15.3 Å². The molecule has 4 nitrogen and oxygen atoms in total. The fourth-order valence-corrected chi connectivity index (χ4v) is 1.90. The summed E-state index contributed by atoms with van der Waals surface area (Å²) in [6, 6.07) is 13.0. The van der Waals surface area contributed by atoms with Crippen molar-refractivity contribution >= 4 is 11.0 Å². The Morgan fingerprint density at radius 1 is 0.750 bits per heavy atom. The lowest BCUT2D eigenvalue weighted by molar-refractivity contribution is -0.00000707. The minimum Gasteiger partial charge on any atom is -1.00 e. The quantitative estimate of drug-likeness (QED) is 0.447. The smallest absolute Gasteiger partial charge is 0.364 e. The van der Waals surface area contributed by atoms with Crippen LogP contribution in [0.1, 0.15) is 0 Å². The number of fused-ring (bicyclic) bond motifs is 1. The van der Waals surface area contributed by atoms with Gasteiger partial charge in [0.2, 0.25) is 0 Å². The minimum atomic E-state index is -0.205. The van der Waals surface area contributed by atoms with Gasteiger partial charge in [-0.1, -0.05) is 0 Å². The van der Waals surface area contributed by atoms with Crippen LogP contribution in [0.5, 0.6) is 17.2 Å². The molecule has 2 aromatic carbocycles. The average Bonchev–Trinajstić information content (AvgIpc) is 2.41. The molecule has 102 valence electrons. The molecule has 0 aliphatic carbocycles. The van der Waals surface area contributed by atoms with Gasteiger partial charge < -0.3 is 32.3 Å². The third-order valence-corrected chi connectivity index (χ3v) is 2.89. The van der Waals surface area contributed by atoms with Crippen LogP contribution in [-0.2, 0) is 0 Å². The van der Waals surface area contributed by atoms with Crippen LogP contribution in [0.15, 0.2) is 52.9 Å². The van der Waals surface area contributed by atoms with E-state index in [1.165, 1.54) is 18.2 Å². The van der Waals surface area contributed by atoms with E-state index in [2.05, 4.69) is 0 Å². The Balaban J connectivity index is 0.00000147. The van der Waals surface area contributed by atoms with Crippen molar-refractivity contribution in [2.75, 3.05) is 0 Å². The standard InChI is InChI=1S/C15H10O4.BrH/c16-11-4-1-9-3-6-14(19-15(9)8-11)10-2-5-12(17)13(18)7-10;/h1-8H,(H2-,16,17,18);1H. The summed E-state index contributed by atoms with van der Waals surface area (Å²) in [5, 5.41) is 29.1. The van der Waals surface area contributed by atoms with Gasteiger partial charge in [-0.25, -0.2) is 4.42 Å². The Hall–Kier alpha value is -2.27. The number of aromatic hydroxyl groups is 3. The van der Waals surface area contributed by atoms with Crippen molar-refractivity contribution in [1.29, 1.82) is 0 Å². The molecule has 0 unspecified atom stereocenters. The average molecular weight is 335 g/mol. The molecule has 3 aromatic rings. The van der Waals surface area contributed by atoms with Crippen LogP contribution in [-0.4, -0.2) is 15.3 Å². The van der Waals surface area contributed by atoms with E-state index in [0.717, 1.165) is 5.39 Å². The normalized spacial score (nSPS) is 10.2. The minimum absolute atomic E-state index is 0. The fourth-order valence-electron chi connectivity index (χ4n) is 1.90. The summed E-state index contributed by atoms with van der Waals surface area (Å²) in [6.45, 7) is 0. The van der Waals surface area contributed by atoms with Gasteiger partial charge in [-0.15, -0.1) is 0 Å². The topological polar surface area (TPSA) is 72.0 Å². The van der Waals surface area contributed by atoms with E-state index in [1.54, 1.807) is 24.3 Å². The molecular weight excluding hydrogens is 324 g/mol. The number of rotatable bonds is 1. The van der Waals surface area contributed by atoms with E-state index >= 15 is 0 Å². The zero-order valence-corrected chi connectivity index (χ0v) is 11.8. The molecule has 0 bridgehead atoms. The summed E-state index contributed by atoms with van der Waals surface area (Å²) < 4.78 is 5.67. The van der Waals surface area contributed by atoms with Crippen LogP contribution < -0.4 is 17.0 Å². The molecule has 3 rings (SSSR count). The van der Waals surface area contributed by atoms with Crippen LogP contribution in [0.4, 0.5) is 0 Å². The van der Waals surface area contributed by atoms with Gasteiger partial charge in [-0.3, -0.25) is 0 Å². The number of hydrogen-bond acceptors (Lipinski definition) is 3. The van der Waals surface area contributed by atoms with Gasteiger partial charge in [-0.05, 0) is 30.3 Å². The predicted octanol–water partition coefficient (Wildman–Crippen LogP) is 0.502. The molecule has 0 atom stereocenters. The van der Waals surface area contributed by atoms with Crippen LogP contribution in [0.2, 0.25) is 0 Å². The highest BCUT2D eigenvalue weighted by molar-refractivity contribution is 5.80. The lowest BCUT2D eigenvalue weighted by Crippen LogP contribution is -3.00. The third kappa shape index (κ3) is 2.53. The lowest BCUT2D eigenvalue weighted by atomic mass is 10.1. The number of phenolic OH excluding ortho intramolecular Hbond substituents is 3. The molecule has 0 aliphatic rings. The Morgan fingerprint density at radius 2 is 1.50 bits per heavy atom. The fraction of sp³-hybridized carbons (Fsp3) is 0. The van der Waals surface area contributed by atoms with E-state index in [4.69, 9.17) is 4.42 Å². The second-order valence-electron chi connectivity index (χ2n) is 4.23. The zero-order valence-electron chi connectivity index (χ0n) is 10.2. The molecule has 20 heavy (non-hydrogen) atoms. The highest BCUT2D eigenvalue weighted by Crippen LogP contribution is 2.32. The first kappa shape index (κ1) is 14.1. The highest BCUT2D eigenvalue weighted by atomic mass is 79.9. The van der Waals surface area contributed by atoms with E-state index < -0.39 is 0 Å². The van der Waals surface area contributed by atoms with Crippen molar-refractivity contribution in [2.45, 2.75) is 0 Å². The van der Waals surface area contributed by atoms with Gasteiger partial charge in [0.15, 0.2) is 11.5 Å². The van der Waals surface area contributed by atoms with Crippen LogP contribution in [0.25, 0.3) is 22.3 Å². The van der Waals surface area contributed by atoms with Crippen molar-refractivity contribution in [3.63, 3.8) is 0 Å². The van der Waals surface area contributed by atoms with Gasteiger partial charge in [0.1, 0.15) is 5.75 Å². The molecule has 0 radical (unpaired) electrons. The maximum absolute atomic E-state index is 9.49. The van der Waals surface area contributed by atoms with E-state index in [1.807, 2.05) is 6.07 Å². The Labute approximate surface area is 125 Å². The highest BCUT2D eigenvalue weighted by Gasteiger charge is 2.16. The van der Waals surface area contributed by atoms with Crippen LogP contribution in [0, 0.1) is 0 Å². The Kier molecular flexibility index (Phi) is 3.81. The summed E-state index contributed by atoms with van der Waals surface area (Å²) in [5.74, 6) is 0.279. The molecule has 0 aliphatic heterocycles. The Bertz CT molecular complexity index is 771. The summed E-state index contributed by atoms with van der Waals surface area (Å²) in [5.41, 5.74) is 1.19. The maximum Gasteiger partial charge on any atom is 0.364 e. The van der Waals surface area contributed by atoms with Crippen molar-refractivity contribution in [2.24, 2.45) is 0 Å². The largest absolute Gasteiger partial charge is 1.00 e. The summed E-state index contributed by atoms with van der Waals surface area (Å²) in [6.07, 6.45) is 0. The zero-order chi connectivity index (χ0) is 13.4. The molecule has 3 N–H and O–H groups in total. The number of benzene rings is 2. The summed E-state index contributed by atoms with van der Waals surface area (Å²) >= 11 is 0.